The number of para-hydroxylation sites is 1. The van der Waals surface area contributed by atoms with Crippen molar-refractivity contribution in [2.45, 2.75) is 44.9 Å². The number of allylic oxidation sites excluding steroid dienone is 2. The van der Waals surface area contributed by atoms with E-state index in [1.165, 1.54) is 0 Å². The highest BCUT2D eigenvalue weighted by atomic mass is 35.5. The van der Waals surface area contributed by atoms with E-state index in [0.717, 1.165) is 0 Å². The fourth-order valence-corrected chi connectivity index (χ4v) is 2.83. The van der Waals surface area contributed by atoms with E-state index in [9.17, 15) is 9.90 Å². The molecular weight excluding hydrogens is 342 g/mol. The molecule has 1 aliphatic rings. The van der Waals surface area contributed by atoms with Gasteiger partial charge in [-0.15, -0.1) is 0 Å². The number of hydrogen-bond donors (Lipinski definition) is 2. The zero-order chi connectivity index (χ0) is 18.6. The molecule has 0 saturated heterocycles. The summed E-state index contributed by atoms with van der Waals surface area (Å²) in [6.45, 7) is 5.39. The molecule has 0 radical (unpaired) electrons. The normalized spacial score (nSPS) is 18.7. The van der Waals surface area contributed by atoms with Crippen LogP contribution in [-0.2, 0) is 4.74 Å². The van der Waals surface area contributed by atoms with Gasteiger partial charge in [0.05, 0.1) is 13.2 Å². The summed E-state index contributed by atoms with van der Waals surface area (Å²) in [5, 5.41) is 14.2. The molecule has 2 rings (SSSR count). The van der Waals surface area contributed by atoms with Gasteiger partial charge in [-0.2, -0.15) is 0 Å². The van der Waals surface area contributed by atoms with E-state index in [1.54, 1.807) is 52.2 Å². The van der Waals surface area contributed by atoms with Gasteiger partial charge in [0.2, 0.25) is 0 Å². The summed E-state index contributed by atoms with van der Waals surface area (Å²) >= 11 is 6.12. The van der Waals surface area contributed by atoms with Gasteiger partial charge >= 0.3 is 6.09 Å². The Hall–Kier alpha value is -1.98. The molecule has 6 heteroatoms. The van der Waals surface area contributed by atoms with E-state index in [-0.39, 0.29) is 0 Å². The third-order valence-corrected chi connectivity index (χ3v) is 3.96. The predicted octanol–water partition coefficient (Wildman–Crippen LogP) is 4.07. The fraction of sp³-hybridized carbons (Fsp3) is 0.421. The molecule has 0 aliphatic heterocycles. The minimum absolute atomic E-state index is 0.419. The van der Waals surface area contributed by atoms with Crippen LogP contribution in [0.4, 0.5) is 4.79 Å². The summed E-state index contributed by atoms with van der Waals surface area (Å²) < 4.78 is 10.6. The van der Waals surface area contributed by atoms with Crippen LogP contribution in [0.3, 0.4) is 0 Å². The van der Waals surface area contributed by atoms with Crippen LogP contribution in [0.1, 0.15) is 38.9 Å². The van der Waals surface area contributed by atoms with Crippen LogP contribution >= 0.6 is 11.6 Å². The Kier molecular flexibility index (Phi) is 6.14. The zero-order valence-electron chi connectivity index (χ0n) is 14.9. The molecule has 0 aromatic heterocycles. The smallest absolute Gasteiger partial charge is 0.408 e. The number of rotatable bonds is 4. The molecule has 2 N–H and O–H groups in total. The molecule has 1 aromatic rings. The molecule has 2 atom stereocenters. The predicted molar refractivity (Wildman–Crippen MR) is 97.7 cm³/mol. The Labute approximate surface area is 153 Å². The topological polar surface area (TPSA) is 67.8 Å². The van der Waals surface area contributed by atoms with Crippen molar-refractivity contribution in [3.05, 3.63) is 52.6 Å². The van der Waals surface area contributed by atoms with Gasteiger partial charge < -0.3 is 19.9 Å². The first kappa shape index (κ1) is 19.3. The largest absolute Gasteiger partial charge is 0.496 e. The van der Waals surface area contributed by atoms with Gasteiger partial charge in [-0.3, -0.25) is 0 Å². The van der Waals surface area contributed by atoms with E-state index in [0.29, 0.717) is 28.3 Å². The third kappa shape index (κ3) is 5.25. The van der Waals surface area contributed by atoms with Gasteiger partial charge in [0.25, 0.3) is 0 Å². The summed E-state index contributed by atoms with van der Waals surface area (Å²) in [5.74, 6) is 0.567. The van der Waals surface area contributed by atoms with Gasteiger partial charge in [-0.1, -0.05) is 35.9 Å². The average Bonchev–Trinajstić information content (AvgIpc) is 2.54. The van der Waals surface area contributed by atoms with Gasteiger partial charge in [0, 0.05) is 10.6 Å². The molecule has 5 nitrogen and oxygen atoms in total. The molecule has 1 aromatic carbocycles. The summed E-state index contributed by atoms with van der Waals surface area (Å²) in [6, 6.07) is 6.78. The maximum absolute atomic E-state index is 12.1. The molecule has 25 heavy (non-hydrogen) atoms. The Morgan fingerprint density at radius 3 is 2.68 bits per heavy atom. The maximum atomic E-state index is 12.1. The number of nitrogens with one attached hydrogen (secondary N) is 1. The van der Waals surface area contributed by atoms with E-state index in [4.69, 9.17) is 21.1 Å². The van der Waals surface area contributed by atoms with Crippen LogP contribution in [0.15, 0.2) is 47.0 Å². The number of ether oxygens (including phenoxy) is 2. The molecule has 2 unspecified atom stereocenters. The number of alkyl carbamates (subject to hydrolysis) is 1. The Morgan fingerprint density at radius 2 is 2.04 bits per heavy atom. The molecule has 1 aliphatic carbocycles. The van der Waals surface area contributed by atoms with Crippen molar-refractivity contribution >= 4 is 17.7 Å². The van der Waals surface area contributed by atoms with Gasteiger partial charge in [0.15, 0.2) is 0 Å². The fourth-order valence-electron chi connectivity index (χ4n) is 2.62. The summed E-state index contributed by atoms with van der Waals surface area (Å²) in [5.41, 5.74) is 0.596. The Morgan fingerprint density at radius 1 is 1.36 bits per heavy atom. The molecule has 0 bridgehead atoms. The second kappa shape index (κ2) is 7.93. The number of hydrogen-bond acceptors (Lipinski definition) is 4. The number of aliphatic hydroxyl groups excluding tert-OH is 1. The number of halogens is 1. The van der Waals surface area contributed by atoms with Crippen LogP contribution in [-0.4, -0.2) is 30.0 Å². The van der Waals surface area contributed by atoms with E-state index >= 15 is 0 Å². The number of aliphatic hydroxyl groups is 1. The summed E-state index contributed by atoms with van der Waals surface area (Å²) in [6.07, 6.45) is 2.43. The third-order valence-electron chi connectivity index (χ3n) is 3.70. The van der Waals surface area contributed by atoms with Crippen molar-refractivity contribution < 1.29 is 19.4 Å². The number of carbonyl (C=O) groups excluding carboxylic acids is 1. The highest BCUT2D eigenvalue weighted by Crippen LogP contribution is 2.35. The van der Waals surface area contributed by atoms with Crippen LogP contribution in [0, 0.1) is 0 Å². The van der Waals surface area contributed by atoms with Crippen molar-refractivity contribution in [1.29, 1.82) is 0 Å². The number of carbonyl (C=O) groups is 1. The Balaban J connectivity index is 2.25. The van der Waals surface area contributed by atoms with E-state index in [2.05, 4.69) is 5.32 Å². The minimum atomic E-state index is -0.960. The number of benzene rings is 1. The summed E-state index contributed by atoms with van der Waals surface area (Å²) in [7, 11) is 1.55. The van der Waals surface area contributed by atoms with Crippen LogP contribution < -0.4 is 10.1 Å². The second-order valence-corrected chi connectivity index (χ2v) is 7.25. The lowest BCUT2D eigenvalue weighted by Gasteiger charge is -2.29. The molecule has 0 heterocycles. The van der Waals surface area contributed by atoms with Crippen LogP contribution in [0.25, 0.3) is 0 Å². The van der Waals surface area contributed by atoms with E-state index in [1.807, 2.05) is 12.1 Å². The van der Waals surface area contributed by atoms with Gasteiger partial charge in [-0.25, -0.2) is 4.79 Å². The van der Waals surface area contributed by atoms with Gasteiger partial charge in [-0.05, 0) is 44.9 Å². The van der Waals surface area contributed by atoms with Crippen molar-refractivity contribution in [2.75, 3.05) is 7.11 Å². The highest BCUT2D eigenvalue weighted by Gasteiger charge is 2.29. The standard InChI is InChI=1S/C19H24ClNO4/c1-19(2,3)25-18(23)21-15-10-9-12(20)11-14(15)17(22)13-7-5-6-8-16(13)24-4/h5-9,11,15,17,22H,10H2,1-4H3,(H,21,23). The van der Waals surface area contributed by atoms with Crippen molar-refractivity contribution in [1.82, 2.24) is 5.32 Å². The van der Waals surface area contributed by atoms with Crippen molar-refractivity contribution in [3.63, 3.8) is 0 Å². The molecular formula is C19H24ClNO4. The average molecular weight is 366 g/mol. The molecule has 0 fully saturated rings. The number of methoxy groups -OCH3 is 1. The number of amides is 1. The monoisotopic (exact) mass is 365 g/mol. The Bertz CT molecular complexity index is 691. The van der Waals surface area contributed by atoms with Crippen molar-refractivity contribution in [3.8, 4) is 5.75 Å². The highest BCUT2D eigenvalue weighted by molar-refractivity contribution is 6.31. The van der Waals surface area contributed by atoms with E-state index < -0.39 is 23.8 Å². The first-order chi connectivity index (χ1) is 11.7. The lowest BCUT2D eigenvalue weighted by Crippen LogP contribution is -2.41. The molecule has 0 spiro atoms. The molecule has 1 amide bonds. The van der Waals surface area contributed by atoms with Crippen LogP contribution in [0.5, 0.6) is 5.75 Å². The lowest BCUT2D eigenvalue weighted by atomic mass is 9.90. The first-order valence-electron chi connectivity index (χ1n) is 8.09. The summed E-state index contributed by atoms with van der Waals surface area (Å²) in [4.78, 5) is 12.1. The van der Waals surface area contributed by atoms with Gasteiger partial charge in [0.1, 0.15) is 17.5 Å². The molecule has 0 saturated carbocycles. The van der Waals surface area contributed by atoms with Crippen molar-refractivity contribution in [2.24, 2.45) is 0 Å². The minimum Gasteiger partial charge on any atom is -0.496 e. The molecule has 136 valence electrons. The van der Waals surface area contributed by atoms with Crippen LogP contribution in [0.2, 0.25) is 0 Å². The zero-order valence-corrected chi connectivity index (χ0v) is 15.6. The SMILES string of the molecule is COc1ccccc1C(O)C1=CC(Cl)=CCC1NC(=O)OC(C)(C)C. The quantitative estimate of drug-likeness (QED) is 0.843. The second-order valence-electron chi connectivity index (χ2n) is 6.81. The maximum Gasteiger partial charge on any atom is 0.408 e. The first-order valence-corrected chi connectivity index (χ1v) is 8.46. The lowest BCUT2D eigenvalue weighted by molar-refractivity contribution is 0.0506.